The monoisotopic (exact) mass is 430 g/mol. The standard InChI is InChI=1S/C24H34N2O3S/c1-17(2)13-25(14-19(4)27)15-24(28)26-11-9-23-20(10-12-30-23)21(26)16-29-22-8-6-5-7-18(22)3/h5-8,10,12,17,19,21,27H,9,11,13-16H2,1-4H3/t19-,21+/m0/s1. The minimum atomic E-state index is -0.457. The van der Waals surface area contributed by atoms with Gasteiger partial charge in [0.15, 0.2) is 0 Å². The summed E-state index contributed by atoms with van der Waals surface area (Å²) in [4.78, 5) is 18.7. The van der Waals surface area contributed by atoms with Crippen LogP contribution in [-0.2, 0) is 11.2 Å². The number of aliphatic hydroxyl groups excluding tert-OH is 1. The van der Waals surface area contributed by atoms with Crippen LogP contribution in [0, 0.1) is 12.8 Å². The fraction of sp³-hybridized carbons (Fsp3) is 0.542. The quantitative estimate of drug-likeness (QED) is 0.656. The van der Waals surface area contributed by atoms with Crippen LogP contribution in [0.5, 0.6) is 5.75 Å². The Balaban J connectivity index is 1.75. The number of hydrogen-bond acceptors (Lipinski definition) is 5. The molecule has 1 amide bonds. The molecule has 164 valence electrons. The van der Waals surface area contributed by atoms with Gasteiger partial charge in [-0.25, -0.2) is 0 Å². The van der Waals surface area contributed by atoms with E-state index in [1.165, 1.54) is 10.4 Å². The molecule has 1 N–H and O–H groups in total. The van der Waals surface area contributed by atoms with E-state index in [1.54, 1.807) is 18.3 Å². The number of amides is 1. The fourth-order valence-corrected chi connectivity index (χ4v) is 5.07. The summed E-state index contributed by atoms with van der Waals surface area (Å²) in [5.41, 5.74) is 2.30. The van der Waals surface area contributed by atoms with E-state index in [1.807, 2.05) is 36.1 Å². The molecule has 5 nitrogen and oxygen atoms in total. The van der Waals surface area contributed by atoms with Crippen molar-refractivity contribution >= 4 is 17.2 Å². The minimum Gasteiger partial charge on any atom is -0.491 e. The van der Waals surface area contributed by atoms with Gasteiger partial charge < -0.3 is 14.7 Å². The van der Waals surface area contributed by atoms with Crippen molar-refractivity contribution in [1.82, 2.24) is 9.80 Å². The maximum atomic E-state index is 13.3. The second-order valence-corrected chi connectivity index (χ2v) is 9.67. The Labute approximate surface area is 184 Å². The number of fused-ring (bicyclic) bond motifs is 1. The van der Waals surface area contributed by atoms with Crippen molar-refractivity contribution in [2.45, 2.75) is 46.3 Å². The first-order valence-corrected chi connectivity index (χ1v) is 11.7. The lowest BCUT2D eigenvalue weighted by atomic mass is 10.00. The van der Waals surface area contributed by atoms with Crippen LogP contribution in [0.1, 0.15) is 42.8 Å². The molecule has 1 aliphatic heterocycles. The highest BCUT2D eigenvalue weighted by molar-refractivity contribution is 7.10. The Morgan fingerprint density at radius 2 is 2.03 bits per heavy atom. The zero-order valence-corrected chi connectivity index (χ0v) is 19.3. The van der Waals surface area contributed by atoms with E-state index in [0.717, 1.165) is 24.3 Å². The number of aliphatic hydroxyl groups is 1. The van der Waals surface area contributed by atoms with Crippen molar-refractivity contribution in [3.05, 3.63) is 51.7 Å². The van der Waals surface area contributed by atoms with E-state index < -0.39 is 6.10 Å². The van der Waals surface area contributed by atoms with Gasteiger partial charge in [0.25, 0.3) is 0 Å². The zero-order chi connectivity index (χ0) is 21.7. The van der Waals surface area contributed by atoms with Gasteiger partial charge in [0.05, 0.1) is 18.7 Å². The molecule has 2 aromatic rings. The van der Waals surface area contributed by atoms with E-state index >= 15 is 0 Å². The maximum Gasteiger partial charge on any atom is 0.237 e. The van der Waals surface area contributed by atoms with Gasteiger partial charge in [-0.3, -0.25) is 9.69 Å². The number of ether oxygens (including phenoxy) is 1. The number of rotatable bonds is 9. The minimum absolute atomic E-state index is 0.0837. The second kappa shape index (κ2) is 10.4. The molecule has 1 aromatic heterocycles. The van der Waals surface area contributed by atoms with Gasteiger partial charge in [0.1, 0.15) is 12.4 Å². The number of thiophene rings is 1. The van der Waals surface area contributed by atoms with E-state index in [2.05, 4.69) is 30.2 Å². The molecule has 2 atom stereocenters. The number of carbonyl (C=O) groups excluding carboxylic acids is 1. The van der Waals surface area contributed by atoms with Crippen molar-refractivity contribution in [2.75, 3.05) is 32.8 Å². The molecule has 6 heteroatoms. The number of hydrogen-bond donors (Lipinski definition) is 1. The van der Waals surface area contributed by atoms with Crippen LogP contribution in [0.25, 0.3) is 0 Å². The molecule has 3 rings (SSSR count). The third-order valence-corrected chi connectivity index (χ3v) is 6.41. The zero-order valence-electron chi connectivity index (χ0n) is 18.5. The molecule has 0 aliphatic carbocycles. The number of benzene rings is 1. The average Bonchev–Trinajstić information content (AvgIpc) is 3.15. The first-order chi connectivity index (χ1) is 14.3. The lowest BCUT2D eigenvalue weighted by Gasteiger charge is -2.37. The summed E-state index contributed by atoms with van der Waals surface area (Å²) in [6, 6.07) is 10.0. The summed E-state index contributed by atoms with van der Waals surface area (Å²) in [5.74, 6) is 1.40. The highest BCUT2D eigenvalue weighted by atomic mass is 32.1. The van der Waals surface area contributed by atoms with Gasteiger partial charge in [0, 0.05) is 24.5 Å². The first-order valence-electron chi connectivity index (χ1n) is 10.8. The van der Waals surface area contributed by atoms with Crippen molar-refractivity contribution in [1.29, 1.82) is 0 Å². The predicted octanol–water partition coefficient (Wildman–Crippen LogP) is 3.90. The largest absolute Gasteiger partial charge is 0.491 e. The highest BCUT2D eigenvalue weighted by Crippen LogP contribution is 2.34. The van der Waals surface area contributed by atoms with Crippen LogP contribution in [0.4, 0.5) is 0 Å². The Morgan fingerprint density at radius 3 is 2.73 bits per heavy atom. The molecule has 0 bridgehead atoms. The van der Waals surface area contributed by atoms with Crippen molar-refractivity contribution < 1.29 is 14.6 Å². The average molecular weight is 431 g/mol. The van der Waals surface area contributed by atoms with Crippen LogP contribution < -0.4 is 4.74 Å². The number of carbonyl (C=O) groups is 1. The third kappa shape index (κ3) is 5.84. The van der Waals surface area contributed by atoms with Crippen molar-refractivity contribution in [3.8, 4) is 5.75 Å². The Morgan fingerprint density at radius 1 is 1.27 bits per heavy atom. The molecule has 1 aliphatic rings. The van der Waals surface area contributed by atoms with E-state index in [0.29, 0.717) is 32.2 Å². The summed E-state index contributed by atoms with van der Waals surface area (Å²) >= 11 is 1.76. The van der Waals surface area contributed by atoms with Gasteiger partial charge in [-0.1, -0.05) is 32.0 Å². The molecule has 1 aromatic carbocycles. The Bertz CT molecular complexity index is 823. The van der Waals surface area contributed by atoms with Gasteiger partial charge in [-0.2, -0.15) is 0 Å². The molecule has 0 saturated heterocycles. The topological polar surface area (TPSA) is 53.0 Å². The van der Waals surface area contributed by atoms with Gasteiger partial charge >= 0.3 is 0 Å². The highest BCUT2D eigenvalue weighted by Gasteiger charge is 2.33. The smallest absolute Gasteiger partial charge is 0.237 e. The molecular weight excluding hydrogens is 396 g/mol. The predicted molar refractivity (Wildman–Crippen MR) is 122 cm³/mol. The summed E-state index contributed by atoms with van der Waals surface area (Å²) in [6.45, 7) is 10.9. The van der Waals surface area contributed by atoms with E-state index in [-0.39, 0.29) is 11.9 Å². The number of para-hydroxylation sites is 1. The number of aryl methyl sites for hydroxylation is 1. The van der Waals surface area contributed by atoms with E-state index in [4.69, 9.17) is 4.74 Å². The van der Waals surface area contributed by atoms with Crippen LogP contribution >= 0.6 is 11.3 Å². The summed E-state index contributed by atoms with van der Waals surface area (Å²) < 4.78 is 6.17. The van der Waals surface area contributed by atoms with Crippen LogP contribution in [0.3, 0.4) is 0 Å². The number of nitrogens with zero attached hydrogens (tertiary/aromatic N) is 2. The molecular formula is C24H34N2O3S. The molecule has 30 heavy (non-hydrogen) atoms. The molecule has 2 heterocycles. The van der Waals surface area contributed by atoms with Gasteiger partial charge in [-0.15, -0.1) is 11.3 Å². The summed E-state index contributed by atoms with van der Waals surface area (Å²) in [7, 11) is 0. The van der Waals surface area contributed by atoms with Crippen molar-refractivity contribution in [3.63, 3.8) is 0 Å². The molecule has 0 spiro atoms. The summed E-state index contributed by atoms with van der Waals surface area (Å²) in [5, 5.41) is 12.0. The molecule has 0 radical (unpaired) electrons. The van der Waals surface area contributed by atoms with Crippen LogP contribution in [0.2, 0.25) is 0 Å². The lowest BCUT2D eigenvalue weighted by Crippen LogP contribution is -2.48. The van der Waals surface area contributed by atoms with Gasteiger partial charge in [-0.05, 0) is 54.8 Å². The first kappa shape index (κ1) is 22.8. The van der Waals surface area contributed by atoms with Crippen LogP contribution in [0.15, 0.2) is 35.7 Å². The SMILES string of the molecule is Cc1ccccc1OC[C@@H]1c2ccsc2CCN1C(=O)CN(CC(C)C)C[C@H](C)O. The fourth-order valence-electron chi connectivity index (χ4n) is 4.14. The Hall–Kier alpha value is -1.89. The second-order valence-electron chi connectivity index (χ2n) is 8.67. The molecule has 0 fully saturated rings. The summed E-state index contributed by atoms with van der Waals surface area (Å²) in [6.07, 6.45) is 0.432. The lowest BCUT2D eigenvalue weighted by molar-refractivity contribution is -0.136. The van der Waals surface area contributed by atoms with Crippen LogP contribution in [-0.4, -0.2) is 59.7 Å². The maximum absolute atomic E-state index is 13.3. The van der Waals surface area contributed by atoms with Crippen molar-refractivity contribution in [2.24, 2.45) is 5.92 Å². The molecule has 0 saturated carbocycles. The van der Waals surface area contributed by atoms with E-state index in [9.17, 15) is 9.90 Å². The Kier molecular flexibility index (Phi) is 7.92. The third-order valence-electron chi connectivity index (χ3n) is 5.41. The molecule has 0 unspecified atom stereocenters. The normalized spacial score (nSPS) is 17.3. The van der Waals surface area contributed by atoms with Gasteiger partial charge in [0.2, 0.25) is 5.91 Å².